The van der Waals surface area contributed by atoms with Gasteiger partial charge in [0.05, 0.1) is 29.7 Å². The minimum atomic E-state index is -4.44. The Labute approximate surface area is 165 Å². The molecule has 0 saturated heterocycles. The predicted molar refractivity (Wildman–Crippen MR) is 103 cm³/mol. The van der Waals surface area contributed by atoms with Crippen molar-refractivity contribution in [2.75, 3.05) is 12.4 Å². The summed E-state index contributed by atoms with van der Waals surface area (Å²) in [5.41, 5.74) is 2.33. The first-order valence-corrected chi connectivity index (χ1v) is 8.93. The van der Waals surface area contributed by atoms with Crippen LogP contribution in [0.1, 0.15) is 32.9 Å². The summed E-state index contributed by atoms with van der Waals surface area (Å²) in [5.74, 6) is 0.280. The number of hydrogen-bond acceptors (Lipinski definition) is 3. The third kappa shape index (κ3) is 4.96. The first-order valence-electron chi connectivity index (χ1n) is 8.93. The molecule has 0 aliphatic carbocycles. The van der Waals surface area contributed by atoms with Gasteiger partial charge < -0.3 is 10.1 Å². The molecule has 3 aromatic rings. The average molecular weight is 403 g/mol. The molecule has 8 heteroatoms. The van der Waals surface area contributed by atoms with Crippen molar-refractivity contribution in [3.8, 4) is 5.75 Å². The Morgan fingerprint density at radius 1 is 1.07 bits per heavy atom. The van der Waals surface area contributed by atoms with Crippen molar-refractivity contribution in [1.82, 2.24) is 10.2 Å². The molecule has 29 heavy (non-hydrogen) atoms. The zero-order chi connectivity index (χ0) is 21.0. The summed E-state index contributed by atoms with van der Waals surface area (Å²) < 4.78 is 43.2. The van der Waals surface area contributed by atoms with Crippen LogP contribution < -0.4 is 10.1 Å². The van der Waals surface area contributed by atoms with Gasteiger partial charge in [0.25, 0.3) is 5.91 Å². The number of halogens is 3. The molecule has 0 radical (unpaired) electrons. The van der Waals surface area contributed by atoms with Crippen molar-refractivity contribution in [3.05, 3.63) is 76.6 Å². The molecule has 5 nitrogen and oxygen atoms in total. The van der Waals surface area contributed by atoms with Crippen LogP contribution in [0.5, 0.6) is 5.75 Å². The number of nitrogens with zero attached hydrogens (tertiary/aromatic N) is 1. The minimum absolute atomic E-state index is 0.139. The van der Waals surface area contributed by atoms with Gasteiger partial charge in [0.1, 0.15) is 5.75 Å². The van der Waals surface area contributed by atoms with Crippen LogP contribution >= 0.6 is 0 Å². The Bertz CT molecular complexity index is 978. The number of amides is 1. The fraction of sp³-hybridized carbons (Fsp3) is 0.238. The zero-order valence-corrected chi connectivity index (χ0v) is 15.9. The van der Waals surface area contributed by atoms with Crippen molar-refractivity contribution in [2.45, 2.75) is 25.9 Å². The summed E-state index contributed by atoms with van der Waals surface area (Å²) in [6, 6.07) is 11.8. The van der Waals surface area contributed by atoms with Crippen LogP contribution in [0, 0.1) is 6.92 Å². The van der Waals surface area contributed by atoms with Gasteiger partial charge in [-0.1, -0.05) is 12.1 Å². The Kier molecular flexibility index (Phi) is 5.91. The van der Waals surface area contributed by atoms with E-state index in [1.54, 1.807) is 14.0 Å². The molecule has 0 fully saturated rings. The van der Waals surface area contributed by atoms with Crippen molar-refractivity contribution in [1.29, 1.82) is 0 Å². The van der Waals surface area contributed by atoms with Crippen molar-refractivity contribution < 1.29 is 22.7 Å². The molecule has 0 saturated carbocycles. The summed E-state index contributed by atoms with van der Waals surface area (Å²) >= 11 is 0. The van der Waals surface area contributed by atoms with E-state index in [2.05, 4.69) is 15.5 Å². The fourth-order valence-corrected chi connectivity index (χ4v) is 2.88. The average Bonchev–Trinajstić information content (AvgIpc) is 3.05. The van der Waals surface area contributed by atoms with E-state index in [1.165, 1.54) is 0 Å². The van der Waals surface area contributed by atoms with Gasteiger partial charge in [-0.25, -0.2) is 0 Å². The SMILES string of the molecule is COc1ccc(CCc2n[nH]c(C)c2NC(=O)c2ccc(C(F)(F)F)cc2)cc1. The van der Waals surface area contributed by atoms with E-state index in [-0.39, 0.29) is 5.56 Å². The number of ether oxygens (including phenoxy) is 1. The lowest BCUT2D eigenvalue weighted by Crippen LogP contribution is -2.14. The number of aryl methyl sites for hydroxylation is 3. The highest BCUT2D eigenvalue weighted by molar-refractivity contribution is 6.04. The smallest absolute Gasteiger partial charge is 0.416 e. The van der Waals surface area contributed by atoms with E-state index < -0.39 is 17.6 Å². The normalized spacial score (nSPS) is 11.3. The molecule has 1 amide bonds. The number of aromatic amines is 1. The Morgan fingerprint density at radius 2 is 1.72 bits per heavy atom. The van der Waals surface area contributed by atoms with Gasteiger partial charge in [-0.2, -0.15) is 18.3 Å². The van der Waals surface area contributed by atoms with Gasteiger partial charge in [-0.15, -0.1) is 0 Å². The van der Waals surface area contributed by atoms with E-state index in [0.29, 0.717) is 29.9 Å². The molecule has 1 heterocycles. The van der Waals surface area contributed by atoms with Crippen LogP contribution in [0.4, 0.5) is 18.9 Å². The number of rotatable bonds is 6. The summed E-state index contributed by atoms with van der Waals surface area (Å²) in [5, 5.41) is 9.84. The summed E-state index contributed by atoms with van der Waals surface area (Å²) in [6.07, 6.45) is -3.15. The van der Waals surface area contributed by atoms with Crippen LogP contribution in [0.2, 0.25) is 0 Å². The van der Waals surface area contributed by atoms with E-state index in [4.69, 9.17) is 4.74 Å². The van der Waals surface area contributed by atoms with Crippen LogP contribution in [0.3, 0.4) is 0 Å². The zero-order valence-electron chi connectivity index (χ0n) is 15.9. The second kappa shape index (κ2) is 8.38. The number of carbonyl (C=O) groups is 1. The molecule has 0 aliphatic rings. The predicted octanol–water partition coefficient (Wildman–Crippen LogP) is 4.78. The first kappa shape index (κ1) is 20.4. The Hall–Kier alpha value is -3.29. The largest absolute Gasteiger partial charge is 0.497 e. The molecular formula is C21H20F3N3O2. The van der Waals surface area contributed by atoms with E-state index in [9.17, 15) is 18.0 Å². The molecule has 0 aliphatic heterocycles. The number of H-pyrrole nitrogens is 1. The van der Waals surface area contributed by atoms with E-state index >= 15 is 0 Å². The van der Waals surface area contributed by atoms with E-state index in [0.717, 1.165) is 35.6 Å². The highest BCUT2D eigenvalue weighted by Crippen LogP contribution is 2.29. The van der Waals surface area contributed by atoms with Crippen LogP contribution in [-0.4, -0.2) is 23.2 Å². The second-order valence-corrected chi connectivity index (χ2v) is 6.55. The molecule has 0 atom stereocenters. The lowest BCUT2D eigenvalue weighted by molar-refractivity contribution is -0.137. The molecule has 152 valence electrons. The standard InChI is InChI=1S/C21H20F3N3O2/c1-13-19(25-20(28)15-6-8-16(9-7-15)21(22,23)24)18(27-26-13)12-5-14-3-10-17(29-2)11-4-14/h3-4,6-11H,5,12H2,1-2H3,(H,25,28)(H,26,27). The number of nitrogens with one attached hydrogen (secondary N) is 2. The third-order valence-electron chi connectivity index (χ3n) is 4.54. The number of anilines is 1. The summed E-state index contributed by atoms with van der Waals surface area (Å²) in [6.45, 7) is 1.77. The van der Waals surface area contributed by atoms with Crippen molar-refractivity contribution in [2.24, 2.45) is 0 Å². The molecule has 2 aromatic carbocycles. The lowest BCUT2D eigenvalue weighted by Gasteiger charge is -2.09. The monoisotopic (exact) mass is 403 g/mol. The van der Waals surface area contributed by atoms with Gasteiger partial charge in [0, 0.05) is 5.56 Å². The third-order valence-corrected chi connectivity index (χ3v) is 4.54. The lowest BCUT2D eigenvalue weighted by atomic mass is 10.1. The quantitative estimate of drug-likeness (QED) is 0.622. The van der Waals surface area contributed by atoms with Gasteiger partial charge in [0.15, 0.2) is 0 Å². The Morgan fingerprint density at radius 3 is 2.31 bits per heavy atom. The van der Waals surface area contributed by atoms with E-state index in [1.807, 2.05) is 24.3 Å². The maximum absolute atomic E-state index is 12.7. The minimum Gasteiger partial charge on any atom is -0.497 e. The maximum atomic E-state index is 12.7. The molecular weight excluding hydrogens is 383 g/mol. The first-order chi connectivity index (χ1) is 13.8. The topological polar surface area (TPSA) is 67.0 Å². The van der Waals surface area contributed by atoms with Crippen LogP contribution in [0.25, 0.3) is 0 Å². The van der Waals surface area contributed by atoms with Gasteiger partial charge in [-0.3, -0.25) is 9.89 Å². The fourth-order valence-electron chi connectivity index (χ4n) is 2.88. The maximum Gasteiger partial charge on any atom is 0.416 e. The second-order valence-electron chi connectivity index (χ2n) is 6.55. The van der Waals surface area contributed by atoms with Crippen LogP contribution in [0.15, 0.2) is 48.5 Å². The van der Waals surface area contributed by atoms with Gasteiger partial charge in [0.2, 0.25) is 0 Å². The highest BCUT2D eigenvalue weighted by atomic mass is 19.4. The summed E-state index contributed by atoms with van der Waals surface area (Å²) in [4.78, 5) is 12.5. The van der Waals surface area contributed by atoms with Gasteiger partial charge in [-0.05, 0) is 61.7 Å². The molecule has 0 spiro atoms. The highest BCUT2D eigenvalue weighted by Gasteiger charge is 2.30. The molecule has 1 aromatic heterocycles. The van der Waals surface area contributed by atoms with Crippen LogP contribution in [-0.2, 0) is 19.0 Å². The van der Waals surface area contributed by atoms with Crippen molar-refractivity contribution >= 4 is 11.6 Å². The number of hydrogen-bond donors (Lipinski definition) is 2. The molecule has 3 rings (SSSR count). The van der Waals surface area contributed by atoms with Crippen molar-refractivity contribution in [3.63, 3.8) is 0 Å². The number of carbonyl (C=O) groups excluding carboxylic acids is 1. The molecule has 2 N–H and O–H groups in total. The van der Waals surface area contributed by atoms with Gasteiger partial charge >= 0.3 is 6.18 Å². The summed E-state index contributed by atoms with van der Waals surface area (Å²) in [7, 11) is 1.60. The number of methoxy groups -OCH3 is 1. The number of aromatic nitrogens is 2. The molecule has 0 bridgehead atoms. The number of benzene rings is 2. The number of alkyl halides is 3. The Balaban J connectivity index is 1.69. The molecule has 0 unspecified atom stereocenters.